The Kier molecular flexibility index (Phi) is 2.93. The first-order valence-electron chi connectivity index (χ1n) is 5.24. The number of hydrogen-bond acceptors (Lipinski definition) is 2. The summed E-state index contributed by atoms with van der Waals surface area (Å²) in [4.78, 5) is 13.1. The van der Waals surface area contributed by atoms with Crippen molar-refractivity contribution in [1.29, 1.82) is 0 Å². The Bertz CT molecular complexity index is 415. The molecule has 4 heteroatoms. The number of anilines is 1. The number of nitrogens with zero attached hydrogens (tertiary/aromatic N) is 1. The van der Waals surface area contributed by atoms with Gasteiger partial charge in [-0.3, -0.25) is 4.79 Å². The molecule has 2 rings (SSSR count). The molecule has 0 radical (unpaired) electrons. The van der Waals surface area contributed by atoms with Crippen LogP contribution in [0.3, 0.4) is 0 Å². The molecule has 0 saturated heterocycles. The smallest absolute Gasteiger partial charge is 0.311 e. The zero-order chi connectivity index (χ0) is 11.8. The summed E-state index contributed by atoms with van der Waals surface area (Å²) in [7, 11) is 1.93. The molecule has 86 valence electrons. The van der Waals surface area contributed by atoms with E-state index in [1.54, 1.807) is 0 Å². The Morgan fingerprint density at radius 3 is 2.62 bits per heavy atom. The molecule has 0 aromatic heterocycles. The molecule has 1 fully saturated rings. The largest absolute Gasteiger partial charge is 0.481 e. The highest BCUT2D eigenvalue weighted by molar-refractivity contribution is 9.10. The fraction of sp³-hybridized carbons (Fsp3) is 0.417. The lowest BCUT2D eigenvalue weighted by atomic mass is 10.1. The van der Waals surface area contributed by atoms with E-state index in [1.807, 2.05) is 36.2 Å². The van der Waals surface area contributed by atoms with Crippen molar-refractivity contribution in [2.45, 2.75) is 12.8 Å². The maximum atomic E-state index is 11.1. The SMILES string of the molecule is CN(CC1(C(=O)O)CC1)c1ccccc1Br. The van der Waals surface area contributed by atoms with Crippen molar-refractivity contribution in [3.8, 4) is 0 Å². The highest BCUT2D eigenvalue weighted by atomic mass is 79.9. The summed E-state index contributed by atoms with van der Waals surface area (Å²) in [6, 6.07) is 7.86. The van der Waals surface area contributed by atoms with Crippen LogP contribution in [0.2, 0.25) is 0 Å². The third-order valence-corrected chi connectivity index (χ3v) is 3.78. The Morgan fingerprint density at radius 2 is 2.12 bits per heavy atom. The second-order valence-corrected chi connectivity index (χ2v) is 5.25. The highest BCUT2D eigenvalue weighted by Gasteiger charge is 2.51. The number of aliphatic carboxylic acids is 1. The van der Waals surface area contributed by atoms with E-state index in [-0.39, 0.29) is 0 Å². The standard InChI is InChI=1S/C12H14BrNO2/c1-14(8-12(6-7-12)11(15)16)10-5-3-2-4-9(10)13/h2-5H,6-8H2,1H3,(H,15,16). The molecule has 0 bridgehead atoms. The summed E-state index contributed by atoms with van der Waals surface area (Å²) < 4.78 is 0.999. The van der Waals surface area contributed by atoms with Crippen molar-refractivity contribution in [3.63, 3.8) is 0 Å². The van der Waals surface area contributed by atoms with Crippen LogP contribution in [0.25, 0.3) is 0 Å². The van der Waals surface area contributed by atoms with Gasteiger partial charge in [0.1, 0.15) is 0 Å². The molecule has 3 nitrogen and oxygen atoms in total. The van der Waals surface area contributed by atoms with Gasteiger partial charge in [-0.2, -0.15) is 0 Å². The molecular weight excluding hydrogens is 270 g/mol. The minimum Gasteiger partial charge on any atom is -0.481 e. The lowest BCUT2D eigenvalue weighted by Crippen LogP contribution is -2.31. The van der Waals surface area contributed by atoms with Gasteiger partial charge in [-0.05, 0) is 40.9 Å². The molecule has 0 heterocycles. The lowest BCUT2D eigenvalue weighted by molar-refractivity contribution is -0.142. The molecule has 1 aromatic carbocycles. The van der Waals surface area contributed by atoms with Crippen molar-refractivity contribution in [2.24, 2.45) is 5.41 Å². The van der Waals surface area contributed by atoms with Gasteiger partial charge in [0.05, 0.1) is 11.1 Å². The van der Waals surface area contributed by atoms with Gasteiger partial charge in [0.2, 0.25) is 0 Å². The van der Waals surface area contributed by atoms with Crippen molar-refractivity contribution >= 4 is 27.6 Å². The molecule has 0 atom stereocenters. The normalized spacial score (nSPS) is 16.9. The highest BCUT2D eigenvalue weighted by Crippen LogP contribution is 2.47. The van der Waals surface area contributed by atoms with Gasteiger partial charge < -0.3 is 10.0 Å². The summed E-state index contributed by atoms with van der Waals surface area (Å²) in [6.07, 6.45) is 1.58. The van der Waals surface area contributed by atoms with E-state index in [1.165, 1.54) is 0 Å². The quantitative estimate of drug-likeness (QED) is 0.924. The van der Waals surface area contributed by atoms with Crippen LogP contribution in [0.15, 0.2) is 28.7 Å². The summed E-state index contributed by atoms with van der Waals surface area (Å²) >= 11 is 3.47. The van der Waals surface area contributed by atoms with Crippen molar-refractivity contribution in [2.75, 3.05) is 18.5 Å². The molecular formula is C12H14BrNO2. The fourth-order valence-corrected chi connectivity index (χ4v) is 2.48. The molecule has 0 unspecified atom stereocenters. The number of carboxylic acids is 1. The first kappa shape index (κ1) is 11.5. The van der Waals surface area contributed by atoms with Crippen LogP contribution in [-0.4, -0.2) is 24.7 Å². The number of hydrogen-bond donors (Lipinski definition) is 1. The van der Waals surface area contributed by atoms with Crippen molar-refractivity contribution < 1.29 is 9.90 Å². The number of benzene rings is 1. The molecule has 1 saturated carbocycles. The molecule has 16 heavy (non-hydrogen) atoms. The first-order valence-corrected chi connectivity index (χ1v) is 6.03. The van der Waals surface area contributed by atoms with Crippen LogP contribution in [0.5, 0.6) is 0 Å². The van der Waals surface area contributed by atoms with Gasteiger partial charge in [0.25, 0.3) is 0 Å². The number of para-hydroxylation sites is 1. The Balaban J connectivity index is 2.12. The van der Waals surface area contributed by atoms with Crippen LogP contribution < -0.4 is 4.90 Å². The summed E-state index contributed by atoms with van der Waals surface area (Å²) in [5.41, 5.74) is 0.527. The monoisotopic (exact) mass is 283 g/mol. The summed E-state index contributed by atoms with van der Waals surface area (Å²) in [5.74, 6) is -0.675. The third kappa shape index (κ3) is 2.07. The van der Waals surface area contributed by atoms with E-state index in [0.29, 0.717) is 6.54 Å². The van der Waals surface area contributed by atoms with E-state index in [9.17, 15) is 4.79 Å². The average Bonchev–Trinajstić information content (AvgIpc) is 2.99. The molecule has 0 amide bonds. The summed E-state index contributed by atoms with van der Waals surface area (Å²) in [5, 5.41) is 9.13. The Morgan fingerprint density at radius 1 is 1.50 bits per heavy atom. The van der Waals surface area contributed by atoms with E-state index in [4.69, 9.17) is 5.11 Å². The van der Waals surface area contributed by atoms with Crippen LogP contribution >= 0.6 is 15.9 Å². The lowest BCUT2D eigenvalue weighted by Gasteiger charge is -2.24. The molecule has 1 aliphatic carbocycles. The maximum Gasteiger partial charge on any atom is 0.311 e. The van der Waals surface area contributed by atoms with Crippen molar-refractivity contribution in [1.82, 2.24) is 0 Å². The number of rotatable bonds is 4. The molecule has 1 N–H and O–H groups in total. The molecule has 0 spiro atoms. The molecule has 1 aliphatic rings. The topological polar surface area (TPSA) is 40.5 Å². The average molecular weight is 284 g/mol. The van der Waals surface area contributed by atoms with Gasteiger partial charge in [0.15, 0.2) is 0 Å². The van der Waals surface area contributed by atoms with Gasteiger partial charge in [0, 0.05) is 18.1 Å². The van der Waals surface area contributed by atoms with E-state index in [2.05, 4.69) is 15.9 Å². The number of carbonyl (C=O) groups is 1. The molecule has 0 aliphatic heterocycles. The van der Waals surface area contributed by atoms with Gasteiger partial charge in [-0.15, -0.1) is 0 Å². The fourth-order valence-electron chi connectivity index (χ4n) is 1.89. The first-order chi connectivity index (χ1) is 7.55. The van der Waals surface area contributed by atoms with E-state index >= 15 is 0 Å². The van der Waals surface area contributed by atoms with Crippen LogP contribution in [0.4, 0.5) is 5.69 Å². The van der Waals surface area contributed by atoms with Crippen LogP contribution in [0.1, 0.15) is 12.8 Å². The minimum atomic E-state index is -0.675. The van der Waals surface area contributed by atoms with Crippen LogP contribution in [-0.2, 0) is 4.79 Å². The Hall–Kier alpha value is -1.03. The zero-order valence-corrected chi connectivity index (χ0v) is 10.7. The molecule has 1 aromatic rings. The second kappa shape index (κ2) is 4.09. The minimum absolute atomic E-state index is 0.510. The summed E-state index contributed by atoms with van der Waals surface area (Å²) in [6.45, 7) is 0.574. The van der Waals surface area contributed by atoms with Crippen LogP contribution in [0, 0.1) is 5.41 Å². The second-order valence-electron chi connectivity index (χ2n) is 4.39. The predicted molar refractivity (Wildman–Crippen MR) is 66.7 cm³/mol. The number of halogens is 1. The van der Waals surface area contributed by atoms with Gasteiger partial charge >= 0.3 is 5.97 Å². The van der Waals surface area contributed by atoms with E-state index in [0.717, 1.165) is 23.0 Å². The van der Waals surface area contributed by atoms with Crippen molar-refractivity contribution in [3.05, 3.63) is 28.7 Å². The number of carboxylic acid groups (broad SMARTS) is 1. The van der Waals surface area contributed by atoms with Gasteiger partial charge in [-0.1, -0.05) is 12.1 Å². The Labute approximate surface area is 103 Å². The van der Waals surface area contributed by atoms with Gasteiger partial charge in [-0.25, -0.2) is 0 Å². The van der Waals surface area contributed by atoms with E-state index < -0.39 is 11.4 Å². The zero-order valence-electron chi connectivity index (χ0n) is 9.11. The predicted octanol–water partition coefficient (Wildman–Crippen LogP) is 2.75. The third-order valence-electron chi connectivity index (χ3n) is 3.11. The maximum absolute atomic E-state index is 11.1.